The quantitative estimate of drug-likeness (QED) is 0.817. The number of halogens is 3. The van der Waals surface area contributed by atoms with Crippen LogP contribution in [-0.4, -0.2) is 19.3 Å². The van der Waals surface area contributed by atoms with Crippen molar-refractivity contribution in [2.45, 2.75) is 32.4 Å². The maximum Gasteiger partial charge on any atom is 0.147 e. The smallest absolute Gasteiger partial charge is 0.147 e. The van der Waals surface area contributed by atoms with Gasteiger partial charge >= 0.3 is 0 Å². The van der Waals surface area contributed by atoms with Gasteiger partial charge in [-0.2, -0.15) is 0 Å². The highest BCUT2D eigenvalue weighted by Gasteiger charge is 2.34. The van der Waals surface area contributed by atoms with Gasteiger partial charge in [0.2, 0.25) is 0 Å². The van der Waals surface area contributed by atoms with Crippen LogP contribution in [0.5, 0.6) is 0 Å². The lowest BCUT2D eigenvalue weighted by Crippen LogP contribution is -2.32. The average Bonchev–Trinajstić information content (AvgIpc) is 2.80. The van der Waals surface area contributed by atoms with Crippen molar-refractivity contribution in [2.24, 2.45) is 5.92 Å². The fourth-order valence-electron chi connectivity index (χ4n) is 2.68. The van der Waals surface area contributed by atoms with Crippen molar-refractivity contribution >= 4 is 27.5 Å². The van der Waals surface area contributed by atoms with Crippen LogP contribution >= 0.6 is 27.5 Å². The van der Waals surface area contributed by atoms with E-state index >= 15 is 0 Å². The van der Waals surface area contributed by atoms with Gasteiger partial charge in [-0.1, -0.05) is 24.6 Å². The molecule has 0 aromatic heterocycles. The second-order valence-electron chi connectivity index (χ2n) is 4.83. The first-order chi connectivity index (χ1) is 9.06. The van der Waals surface area contributed by atoms with Gasteiger partial charge in [0.1, 0.15) is 5.82 Å². The summed E-state index contributed by atoms with van der Waals surface area (Å²) in [5, 5.41) is 3.51. The molecule has 1 saturated heterocycles. The number of nitrogens with one attached hydrogen (secondary N) is 1. The van der Waals surface area contributed by atoms with Gasteiger partial charge in [-0.3, -0.25) is 0 Å². The number of hydrogen-bond acceptors (Lipinski definition) is 2. The Kier molecular flexibility index (Phi) is 5.23. The zero-order valence-electron chi connectivity index (χ0n) is 11.1. The zero-order valence-corrected chi connectivity index (χ0v) is 13.4. The van der Waals surface area contributed by atoms with Crippen molar-refractivity contribution in [3.8, 4) is 0 Å². The lowest BCUT2D eigenvalue weighted by atomic mass is 9.88. The summed E-state index contributed by atoms with van der Waals surface area (Å²) in [7, 11) is 0. The molecule has 5 heteroatoms. The van der Waals surface area contributed by atoms with Crippen LogP contribution in [0.25, 0.3) is 0 Å². The van der Waals surface area contributed by atoms with Crippen LogP contribution < -0.4 is 5.32 Å². The maximum atomic E-state index is 14.4. The van der Waals surface area contributed by atoms with Gasteiger partial charge in [-0.05, 0) is 41.9 Å². The third-order valence-electron chi connectivity index (χ3n) is 3.69. The monoisotopic (exact) mass is 349 g/mol. The highest BCUT2D eigenvalue weighted by atomic mass is 79.9. The molecule has 106 valence electrons. The summed E-state index contributed by atoms with van der Waals surface area (Å²) in [4.78, 5) is 0. The highest BCUT2D eigenvalue weighted by Crippen LogP contribution is 2.37. The molecule has 0 bridgehead atoms. The summed E-state index contributed by atoms with van der Waals surface area (Å²) >= 11 is 9.24. The minimum atomic E-state index is -0.346. The lowest BCUT2D eigenvalue weighted by molar-refractivity contribution is 0.0951. The molecule has 0 radical (unpaired) electrons. The van der Waals surface area contributed by atoms with Crippen LogP contribution in [0, 0.1) is 11.7 Å². The van der Waals surface area contributed by atoms with Crippen LogP contribution in [0.1, 0.15) is 31.9 Å². The Morgan fingerprint density at radius 2 is 2.32 bits per heavy atom. The van der Waals surface area contributed by atoms with Gasteiger partial charge in [0.25, 0.3) is 0 Å². The Bertz CT molecular complexity index is 457. The van der Waals surface area contributed by atoms with E-state index < -0.39 is 0 Å². The van der Waals surface area contributed by atoms with Crippen LogP contribution in [-0.2, 0) is 4.74 Å². The summed E-state index contributed by atoms with van der Waals surface area (Å²) in [5.41, 5.74) is 0.623. The van der Waals surface area contributed by atoms with E-state index in [0.717, 1.165) is 19.6 Å². The predicted molar refractivity (Wildman–Crippen MR) is 79.0 cm³/mol. The molecule has 0 saturated carbocycles. The molecule has 3 atom stereocenters. The van der Waals surface area contributed by atoms with Crippen molar-refractivity contribution in [1.82, 2.24) is 5.32 Å². The molecule has 1 aromatic carbocycles. The van der Waals surface area contributed by atoms with Gasteiger partial charge < -0.3 is 10.1 Å². The minimum absolute atomic E-state index is 0.0619. The van der Waals surface area contributed by atoms with E-state index in [2.05, 4.69) is 21.2 Å². The standard InChI is InChI=1S/C14H18BrClFNO/c1-3-18-14(9-6-7-19-8(9)2)10-4-5-11(15)12(16)13(10)17/h4-5,8-9,14,18H,3,6-7H2,1-2H3. The fourth-order valence-corrected chi connectivity index (χ4v) is 3.16. The molecule has 1 aliphatic rings. The van der Waals surface area contributed by atoms with Crippen LogP contribution in [0.2, 0.25) is 5.02 Å². The van der Waals surface area contributed by atoms with E-state index in [1.54, 1.807) is 12.1 Å². The molecule has 19 heavy (non-hydrogen) atoms. The summed E-state index contributed by atoms with van der Waals surface area (Å²) < 4.78 is 20.6. The molecular formula is C14H18BrClFNO. The molecule has 2 nitrogen and oxygen atoms in total. The van der Waals surface area contributed by atoms with Crippen molar-refractivity contribution in [3.05, 3.63) is 33.0 Å². The first kappa shape index (κ1) is 15.2. The largest absolute Gasteiger partial charge is 0.378 e. The van der Waals surface area contributed by atoms with Gasteiger partial charge in [0.15, 0.2) is 0 Å². The third-order valence-corrected chi connectivity index (χ3v) is 4.95. The molecule has 1 N–H and O–H groups in total. The normalized spacial score (nSPS) is 24.7. The Morgan fingerprint density at radius 1 is 1.58 bits per heavy atom. The van der Waals surface area contributed by atoms with Crippen molar-refractivity contribution in [1.29, 1.82) is 0 Å². The van der Waals surface area contributed by atoms with Crippen LogP contribution in [0.3, 0.4) is 0 Å². The van der Waals surface area contributed by atoms with E-state index in [1.807, 2.05) is 13.8 Å². The number of ether oxygens (including phenoxy) is 1. The van der Waals surface area contributed by atoms with E-state index in [-0.39, 0.29) is 28.9 Å². The molecule has 1 aromatic rings. The zero-order chi connectivity index (χ0) is 14.0. The van der Waals surface area contributed by atoms with E-state index in [1.165, 1.54) is 0 Å². The topological polar surface area (TPSA) is 21.3 Å². The second kappa shape index (κ2) is 6.53. The minimum Gasteiger partial charge on any atom is -0.378 e. The fraction of sp³-hybridized carbons (Fsp3) is 0.571. The second-order valence-corrected chi connectivity index (χ2v) is 6.06. The van der Waals surface area contributed by atoms with Crippen molar-refractivity contribution < 1.29 is 9.13 Å². The number of rotatable bonds is 4. The summed E-state index contributed by atoms with van der Waals surface area (Å²) in [6, 6.07) is 3.53. The van der Waals surface area contributed by atoms with Crippen LogP contribution in [0.15, 0.2) is 16.6 Å². The molecular weight excluding hydrogens is 333 g/mol. The first-order valence-electron chi connectivity index (χ1n) is 6.54. The molecule has 0 spiro atoms. The SMILES string of the molecule is CCNC(c1ccc(Br)c(Cl)c1F)C1CCOC1C. The molecule has 0 aliphatic carbocycles. The van der Waals surface area contributed by atoms with Crippen molar-refractivity contribution in [3.63, 3.8) is 0 Å². The van der Waals surface area contributed by atoms with E-state index in [0.29, 0.717) is 10.0 Å². The molecule has 2 rings (SSSR count). The van der Waals surface area contributed by atoms with Gasteiger partial charge in [-0.15, -0.1) is 0 Å². The Morgan fingerprint density at radius 3 is 2.89 bits per heavy atom. The average molecular weight is 351 g/mol. The highest BCUT2D eigenvalue weighted by molar-refractivity contribution is 9.10. The summed E-state index contributed by atoms with van der Waals surface area (Å²) in [5.74, 6) is -0.0761. The van der Waals surface area contributed by atoms with Crippen molar-refractivity contribution in [2.75, 3.05) is 13.2 Å². The number of benzene rings is 1. The summed E-state index contributed by atoms with van der Waals surface area (Å²) in [6.45, 7) is 5.58. The maximum absolute atomic E-state index is 14.4. The third kappa shape index (κ3) is 3.13. The molecule has 3 unspecified atom stereocenters. The van der Waals surface area contributed by atoms with Gasteiger partial charge in [-0.25, -0.2) is 4.39 Å². The van der Waals surface area contributed by atoms with Gasteiger partial charge in [0, 0.05) is 28.6 Å². The lowest BCUT2D eigenvalue weighted by Gasteiger charge is -2.27. The predicted octanol–water partition coefficient (Wildman–Crippen LogP) is 4.32. The number of hydrogen-bond donors (Lipinski definition) is 1. The first-order valence-corrected chi connectivity index (χ1v) is 7.71. The Labute approximate surface area is 126 Å². The Hall–Kier alpha value is -0.160. The summed E-state index contributed by atoms with van der Waals surface area (Å²) in [6.07, 6.45) is 1.07. The molecule has 1 aliphatic heterocycles. The molecule has 1 heterocycles. The molecule has 1 fully saturated rings. The van der Waals surface area contributed by atoms with E-state index in [9.17, 15) is 4.39 Å². The Balaban J connectivity index is 2.36. The molecule has 0 amide bonds. The van der Waals surface area contributed by atoms with E-state index in [4.69, 9.17) is 16.3 Å². The van der Waals surface area contributed by atoms with Crippen LogP contribution in [0.4, 0.5) is 4.39 Å². The van der Waals surface area contributed by atoms with Gasteiger partial charge in [0.05, 0.1) is 11.1 Å².